The van der Waals surface area contributed by atoms with Gasteiger partial charge in [-0.1, -0.05) is 56.0 Å². The van der Waals surface area contributed by atoms with Gasteiger partial charge < -0.3 is 15.0 Å². The van der Waals surface area contributed by atoms with E-state index in [1.807, 2.05) is 30.3 Å². The molecule has 3 rings (SSSR count). The van der Waals surface area contributed by atoms with Crippen molar-refractivity contribution in [1.29, 1.82) is 0 Å². The average Bonchev–Trinajstić information content (AvgIpc) is 2.82. The zero-order valence-corrected chi connectivity index (χ0v) is 21.6. The van der Waals surface area contributed by atoms with Crippen molar-refractivity contribution in [3.05, 3.63) is 63.1 Å². The molecule has 0 aromatic heterocycles. The van der Waals surface area contributed by atoms with Crippen LogP contribution in [-0.2, 0) is 22.6 Å². The van der Waals surface area contributed by atoms with Gasteiger partial charge in [-0.2, -0.15) is 0 Å². The van der Waals surface area contributed by atoms with Gasteiger partial charge in [-0.25, -0.2) is 0 Å². The lowest BCUT2D eigenvalue weighted by molar-refractivity contribution is -0.142. The molecule has 1 N–H and O–H groups in total. The van der Waals surface area contributed by atoms with E-state index in [1.54, 1.807) is 24.0 Å². The van der Waals surface area contributed by atoms with Gasteiger partial charge in [0.1, 0.15) is 11.8 Å². The van der Waals surface area contributed by atoms with Gasteiger partial charge in [-0.05, 0) is 77.5 Å². The lowest BCUT2D eigenvalue weighted by Gasteiger charge is -2.31. The van der Waals surface area contributed by atoms with Crippen molar-refractivity contribution in [3.8, 4) is 5.75 Å². The van der Waals surface area contributed by atoms with Crippen LogP contribution in [0.2, 0.25) is 5.02 Å². The molecule has 0 heterocycles. The number of nitrogens with zero attached hydrogens (tertiary/aromatic N) is 1. The molecule has 0 bridgehead atoms. The van der Waals surface area contributed by atoms with Crippen molar-refractivity contribution in [1.82, 2.24) is 10.2 Å². The highest BCUT2D eigenvalue weighted by Crippen LogP contribution is 2.26. The summed E-state index contributed by atoms with van der Waals surface area (Å²) in [6.45, 7) is 4.01. The third kappa shape index (κ3) is 7.47. The number of halogens is 2. The minimum absolute atomic E-state index is 0.127. The van der Waals surface area contributed by atoms with Crippen molar-refractivity contribution >= 4 is 39.3 Å². The van der Waals surface area contributed by atoms with Gasteiger partial charge in [0.25, 0.3) is 5.91 Å². The molecule has 178 valence electrons. The third-order valence-corrected chi connectivity index (χ3v) is 7.01. The topological polar surface area (TPSA) is 58.6 Å². The van der Waals surface area contributed by atoms with Gasteiger partial charge in [-0.3, -0.25) is 9.59 Å². The number of benzene rings is 2. The van der Waals surface area contributed by atoms with Gasteiger partial charge in [0.2, 0.25) is 5.91 Å². The number of carbonyl (C=O) groups is 2. The first-order valence-electron chi connectivity index (χ1n) is 11.6. The predicted octanol–water partition coefficient (Wildman–Crippen LogP) is 5.91. The maximum absolute atomic E-state index is 13.2. The highest BCUT2D eigenvalue weighted by molar-refractivity contribution is 9.10. The highest BCUT2D eigenvalue weighted by Gasteiger charge is 2.28. The van der Waals surface area contributed by atoms with Crippen molar-refractivity contribution in [2.24, 2.45) is 0 Å². The molecule has 0 radical (unpaired) electrons. The lowest BCUT2D eigenvalue weighted by atomic mass is 9.95. The minimum atomic E-state index is -0.621. The predicted molar refractivity (Wildman–Crippen MR) is 135 cm³/mol. The maximum Gasteiger partial charge on any atom is 0.261 e. The monoisotopic (exact) mass is 534 g/mol. The van der Waals surface area contributed by atoms with E-state index in [0.29, 0.717) is 17.3 Å². The van der Waals surface area contributed by atoms with Crippen LogP contribution in [0.4, 0.5) is 0 Å². The zero-order chi connectivity index (χ0) is 23.8. The van der Waals surface area contributed by atoms with Gasteiger partial charge in [-0.15, -0.1) is 0 Å². The van der Waals surface area contributed by atoms with Crippen LogP contribution in [0.25, 0.3) is 0 Å². The smallest absolute Gasteiger partial charge is 0.261 e. The summed E-state index contributed by atoms with van der Waals surface area (Å²) in [5.74, 6) is 0.228. The zero-order valence-electron chi connectivity index (χ0n) is 19.3. The van der Waals surface area contributed by atoms with Crippen LogP contribution in [0.3, 0.4) is 0 Å². The maximum atomic E-state index is 13.2. The fourth-order valence-corrected chi connectivity index (χ4v) is 4.71. The van der Waals surface area contributed by atoms with Crippen LogP contribution in [-0.4, -0.2) is 35.4 Å². The minimum Gasteiger partial charge on any atom is -0.483 e. The molecule has 1 atom stereocenters. The Morgan fingerprint density at radius 3 is 2.42 bits per heavy atom. The Balaban J connectivity index is 1.71. The van der Waals surface area contributed by atoms with E-state index in [2.05, 4.69) is 28.2 Å². The van der Waals surface area contributed by atoms with Crippen LogP contribution in [0.15, 0.2) is 46.9 Å². The fourth-order valence-electron chi connectivity index (χ4n) is 4.04. The molecule has 0 spiro atoms. The molecule has 2 amide bonds. The molecule has 0 aliphatic heterocycles. The molecular weight excluding hydrogens is 504 g/mol. The Kier molecular flexibility index (Phi) is 9.63. The lowest BCUT2D eigenvalue weighted by Crippen LogP contribution is -2.51. The van der Waals surface area contributed by atoms with E-state index in [1.165, 1.54) is 12.0 Å². The number of aryl methyl sites for hydroxylation is 1. The number of nitrogens with one attached hydrogen (secondary N) is 1. The second kappa shape index (κ2) is 12.4. The Morgan fingerprint density at radius 1 is 1.12 bits per heavy atom. The summed E-state index contributed by atoms with van der Waals surface area (Å²) in [6, 6.07) is 12.7. The first kappa shape index (κ1) is 25.6. The first-order chi connectivity index (χ1) is 15.9. The number of hydrogen-bond donors (Lipinski definition) is 1. The summed E-state index contributed by atoms with van der Waals surface area (Å²) >= 11 is 9.53. The molecule has 1 saturated carbocycles. The molecule has 2 aromatic carbocycles. The van der Waals surface area contributed by atoms with Crippen molar-refractivity contribution in [3.63, 3.8) is 0 Å². The molecule has 2 aromatic rings. The second-order valence-corrected chi connectivity index (χ2v) is 9.87. The Morgan fingerprint density at radius 2 is 1.79 bits per heavy atom. The van der Waals surface area contributed by atoms with Crippen molar-refractivity contribution in [2.45, 2.75) is 71.0 Å². The molecule has 1 aliphatic carbocycles. The van der Waals surface area contributed by atoms with E-state index in [9.17, 15) is 9.59 Å². The highest BCUT2D eigenvalue weighted by atomic mass is 79.9. The Labute approximate surface area is 210 Å². The van der Waals surface area contributed by atoms with E-state index >= 15 is 0 Å². The molecule has 0 unspecified atom stereocenters. The molecule has 7 heteroatoms. The third-order valence-electron chi connectivity index (χ3n) is 6.14. The Bertz CT molecular complexity index is 945. The molecule has 5 nitrogen and oxygen atoms in total. The summed E-state index contributed by atoms with van der Waals surface area (Å²) in [6.07, 6.45) is 6.39. The van der Waals surface area contributed by atoms with Gasteiger partial charge in [0.05, 0.1) is 4.47 Å². The molecule has 0 saturated heterocycles. The SMILES string of the molecule is CCc1ccc(OCC(=O)N(Cc2ccc(Cl)cc2)[C@@H](C)C(=O)NC2CCCCC2)c(Br)c1. The number of hydrogen-bond acceptors (Lipinski definition) is 3. The number of ether oxygens (including phenoxy) is 1. The van der Waals surface area contributed by atoms with E-state index < -0.39 is 6.04 Å². The fraction of sp³-hybridized carbons (Fsp3) is 0.462. The van der Waals surface area contributed by atoms with Gasteiger partial charge in [0.15, 0.2) is 6.61 Å². The van der Waals surface area contributed by atoms with Crippen LogP contribution in [0.1, 0.15) is 57.1 Å². The normalized spacial score (nSPS) is 15.0. The summed E-state index contributed by atoms with van der Waals surface area (Å²) in [5.41, 5.74) is 2.08. The molecule has 33 heavy (non-hydrogen) atoms. The Hall–Kier alpha value is -2.05. The summed E-state index contributed by atoms with van der Waals surface area (Å²) in [4.78, 5) is 27.8. The van der Waals surface area contributed by atoms with E-state index in [4.69, 9.17) is 16.3 Å². The van der Waals surface area contributed by atoms with Crippen molar-refractivity contribution < 1.29 is 14.3 Å². The first-order valence-corrected chi connectivity index (χ1v) is 12.8. The molecule has 1 aliphatic rings. The molecule has 1 fully saturated rings. The summed E-state index contributed by atoms with van der Waals surface area (Å²) in [7, 11) is 0. The van der Waals surface area contributed by atoms with Crippen LogP contribution in [0.5, 0.6) is 5.75 Å². The number of rotatable bonds is 9. The van der Waals surface area contributed by atoms with Gasteiger partial charge in [0, 0.05) is 17.6 Å². The average molecular weight is 536 g/mol. The summed E-state index contributed by atoms with van der Waals surface area (Å²) < 4.78 is 6.63. The number of carbonyl (C=O) groups excluding carboxylic acids is 2. The van der Waals surface area contributed by atoms with Gasteiger partial charge >= 0.3 is 0 Å². The van der Waals surface area contributed by atoms with Crippen LogP contribution >= 0.6 is 27.5 Å². The summed E-state index contributed by atoms with van der Waals surface area (Å²) in [5, 5.41) is 3.77. The van der Waals surface area contributed by atoms with Crippen molar-refractivity contribution in [2.75, 3.05) is 6.61 Å². The largest absolute Gasteiger partial charge is 0.483 e. The quantitative estimate of drug-likeness (QED) is 0.434. The molecular formula is C26H32BrClN2O3. The van der Waals surface area contributed by atoms with Crippen LogP contribution < -0.4 is 10.1 Å². The second-order valence-electron chi connectivity index (χ2n) is 8.57. The van der Waals surface area contributed by atoms with E-state index in [-0.39, 0.29) is 24.5 Å². The van der Waals surface area contributed by atoms with E-state index in [0.717, 1.165) is 42.1 Å². The standard InChI is InChI=1S/C26H32BrClN2O3/c1-3-19-11-14-24(23(27)15-19)33-17-25(31)30(16-20-9-12-21(28)13-10-20)18(2)26(32)29-22-7-5-4-6-8-22/h9-15,18,22H,3-8,16-17H2,1-2H3,(H,29,32)/t18-/m0/s1. The number of amides is 2. The van der Waals surface area contributed by atoms with Crippen LogP contribution in [0, 0.1) is 0 Å².